The zero-order valence-corrected chi connectivity index (χ0v) is 7.45. The molecule has 1 aliphatic carbocycles. The maximum Gasteiger partial charge on any atom is 0.311 e. The summed E-state index contributed by atoms with van der Waals surface area (Å²) in [4.78, 5) is 11.0. The van der Waals surface area contributed by atoms with Crippen molar-refractivity contribution in [1.29, 1.82) is 0 Å². The van der Waals surface area contributed by atoms with E-state index in [0.29, 0.717) is 0 Å². The van der Waals surface area contributed by atoms with Gasteiger partial charge < -0.3 is 5.11 Å². The smallest absolute Gasteiger partial charge is 0.311 e. The Bertz CT molecular complexity index is 332. The van der Waals surface area contributed by atoms with Crippen LogP contribution in [0.4, 0.5) is 0 Å². The minimum absolute atomic E-state index is 0.211. The SMILES string of the molecule is CC1CCc2[nH]ncc2C1C(=O)O. The van der Waals surface area contributed by atoms with Crippen molar-refractivity contribution < 1.29 is 9.90 Å². The zero-order chi connectivity index (χ0) is 9.42. The number of nitrogens with zero attached hydrogens (tertiary/aromatic N) is 1. The summed E-state index contributed by atoms with van der Waals surface area (Å²) in [6.07, 6.45) is 3.48. The highest BCUT2D eigenvalue weighted by atomic mass is 16.4. The van der Waals surface area contributed by atoms with Crippen molar-refractivity contribution in [3.8, 4) is 0 Å². The lowest BCUT2D eigenvalue weighted by molar-refractivity contribution is -0.140. The summed E-state index contributed by atoms with van der Waals surface area (Å²) in [6, 6.07) is 0. The summed E-state index contributed by atoms with van der Waals surface area (Å²) in [6.45, 7) is 1.98. The second-order valence-electron chi connectivity index (χ2n) is 3.64. The van der Waals surface area contributed by atoms with Crippen LogP contribution in [0.1, 0.15) is 30.5 Å². The molecule has 0 bridgehead atoms. The van der Waals surface area contributed by atoms with Gasteiger partial charge in [0.2, 0.25) is 0 Å². The van der Waals surface area contributed by atoms with Crippen LogP contribution in [0.5, 0.6) is 0 Å². The van der Waals surface area contributed by atoms with E-state index in [4.69, 9.17) is 5.11 Å². The number of H-pyrrole nitrogens is 1. The Morgan fingerprint density at radius 3 is 3.23 bits per heavy atom. The molecule has 2 rings (SSSR count). The van der Waals surface area contributed by atoms with Crippen molar-refractivity contribution in [3.05, 3.63) is 17.5 Å². The minimum atomic E-state index is -0.741. The maximum absolute atomic E-state index is 11.0. The number of aliphatic carboxylic acids is 1. The highest BCUT2D eigenvalue weighted by molar-refractivity contribution is 5.77. The first kappa shape index (κ1) is 8.29. The number of carboxylic acids is 1. The highest BCUT2D eigenvalue weighted by Crippen LogP contribution is 2.34. The van der Waals surface area contributed by atoms with Gasteiger partial charge >= 0.3 is 5.97 Å². The lowest BCUT2D eigenvalue weighted by Crippen LogP contribution is -2.24. The molecular formula is C9H12N2O2. The van der Waals surface area contributed by atoms with Gasteiger partial charge in [-0.1, -0.05) is 6.92 Å². The number of nitrogens with one attached hydrogen (secondary N) is 1. The van der Waals surface area contributed by atoms with Crippen molar-refractivity contribution in [2.45, 2.75) is 25.7 Å². The van der Waals surface area contributed by atoms with Crippen molar-refractivity contribution >= 4 is 5.97 Å². The van der Waals surface area contributed by atoms with E-state index in [9.17, 15) is 4.79 Å². The molecule has 0 saturated heterocycles. The number of aromatic amines is 1. The van der Waals surface area contributed by atoms with E-state index in [1.54, 1.807) is 6.20 Å². The molecule has 4 heteroatoms. The molecule has 0 amide bonds. The summed E-state index contributed by atoms with van der Waals surface area (Å²) in [5.74, 6) is -0.903. The van der Waals surface area contributed by atoms with Crippen molar-refractivity contribution in [2.75, 3.05) is 0 Å². The zero-order valence-electron chi connectivity index (χ0n) is 7.45. The first-order chi connectivity index (χ1) is 6.20. The Balaban J connectivity index is 2.41. The molecule has 2 N–H and O–H groups in total. The minimum Gasteiger partial charge on any atom is -0.481 e. The average molecular weight is 180 g/mol. The van der Waals surface area contributed by atoms with Gasteiger partial charge in [0, 0.05) is 11.3 Å². The predicted octanol–water partition coefficient (Wildman–Crippen LogP) is 1.16. The van der Waals surface area contributed by atoms with Crippen LogP contribution in [0.25, 0.3) is 0 Å². The number of hydrogen-bond donors (Lipinski definition) is 2. The molecular weight excluding hydrogens is 168 g/mol. The molecule has 1 aromatic rings. The molecule has 1 aliphatic rings. The molecule has 70 valence electrons. The van der Waals surface area contributed by atoms with Crippen LogP contribution in [0, 0.1) is 5.92 Å². The third kappa shape index (κ3) is 1.22. The third-order valence-corrected chi connectivity index (χ3v) is 2.77. The molecule has 4 nitrogen and oxygen atoms in total. The van der Waals surface area contributed by atoms with Gasteiger partial charge in [0.1, 0.15) is 0 Å². The van der Waals surface area contributed by atoms with Gasteiger partial charge in [-0.25, -0.2) is 0 Å². The molecule has 0 saturated carbocycles. The van der Waals surface area contributed by atoms with E-state index < -0.39 is 5.97 Å². The van der Waals surface area contributed by atoms with Gasteiger partial charge in [0.05, 0.1) is 12.1 Å². The number of fused-ring (bicyclic) bond motifs is 1. The fourth-order valence-corrected chi connectivity index (χ4v) is 2.01. The summed E-state index contributed by atoms with van der Waals surface area (Å²) >= 11 is 0. The van der Waals surface area contributed by atoms with Gasteiger partial charge in [-0.2, -0.15) is 5.10 Å². The lowest BCUT2D eigenvalue weighted by Gasteiger charge is -2.24. The number of aryl methyl sites for hydroxylation is 1. The van der Waals surface area contributed by atoms with Crippen LogP contribution in [-0.4, -0.2) is 21.3 Å². The standard InChI is InChI=1S/C9H12N2O2/c1-5-2-3-7-6(4-10-11-7)8(5)9(12)13/h4-5,8H,2-3H2,1H3,(H,10,11)(H,12,13). The van der Waals surface area contributed by atoms with E-state index in [1.165, 1.54) is 0 Å². The van der Waals surface area contributed by atoms with Crippen LogP contribution < -0.4 is 0 Å². The summed E-state index contributed by atoms with van der Waals surface area (Å²) < 4.78 is 0. The van der Waals surface area contributed by atoms with Crippen LogP contribution in [-0.2, 0) is 11.2 Å². The molecule has 2 atom stereocenters. The van der Waals surface area contributed by atoms with Crippen molar-refractivity contribution in [2.24, 2.45) is 5.92 Å². The van der Waals surface area contributed by atoms with E-state index in [0.717, 1.165) is 24.1 Å². The number of aromatic nitrogens is 2. The Kier molecular flexibility index (Phi) is 1.83. The Labute approximate surface area is 76.0 Å². The quantitative estimate of drug-likeness (QED) is 0.681. The van der Waals surface area contributed by atoms with Gasteiger partial charge in [0.25, 0.3) is 0 Å². The Hall–Kier alpha value is -1.32. The average Bonchev–Trinajstić information content (AvgIpc) is 2.50. The topological polar surface area (TPSA) is 66.0 Å². The molecule has 0 aliphatic heterocycles. The van der Waals surface area contributed by atoms with Gasteiger partial charge in [-0.3, -0.25) is 9.89 Å². The summed E-state index contributed by atoms with van der Waals surface area (Å²) in [5.41, 5.74) is 1.86. The Morgan fingerprint density at radius 1 is 1.77 bits per heavy atom. The van der Waals surface area contributed by atoms with E-state index >= 15 is 0 Å². The molecule has 13 heavy (non-hydrogen) atoms. The van der Waals surface area contributed by atoms with Crippen LogP contribution in [0.15, 0.2) is 6.20 Å². The predicted molar refractivity (Wildman–Crippen MR) is 46.4 cm³/mol. The second kappa shape index (κ2) is 2.87. The lowest BCUT2D eigenvalue weighted by atomic mass is 9.79. The highest BCUT2D eigenvalue weighted by Gasteiger charge is 2.33. The largest absolute Gasteiger partial charge is 0.481 e. The van der Waals surface area contributed by atoms with Crippen molar-refractivity contribution in [1.82, 2.24) is 10.2 Å². The molecule has 2 unspecified atom stereocenters. The summed E-state index contributed by atoms with van der Waals surface area (Å²) in [5, 5.41) is 15.8. The fourth-order valence-electron chi connectivity index (χ4n) is 2.01. The van der Waals surface area contributed by atoms with Crippen molar-refractivity contribution in [3.63, 3.8) is 0 Å². The first-order valence-corrected chi connectivity index (χ1v) is 4.45. The summed E-state index contributed by atoms with van der Waals surface area (Å²) in [7, 11) is 0. The van der Waals surface area contributed by atoms with Crippen LogP contribution >= 0.6 is 0 Å². The second-order valence-corrected chi connectivity index (χ2v) is 3.64. The molecule has 0 fully saturated rings. The van der Waals surface area contributed by atoms with E-state index in [-0.39, 0.29) is 11.8 Å². The Morgan fingerprint density at radius 2 is 2.54 bits per heavy atom. The number of rotatable bonds is 1. The molecule has 1 aromatic heterocycles. The molecule has 1 heterocycles. The van der Waals surface area contributed by atoms with Crippen LogP contribution in [0.2, 0.25) is 0 Å². The maximum atomic E-state index is 11.0. The monoisotopic (exact) mass is 180 g/mol. The molecule has 0 spiro atoms. The van der Waals surface area contributed by atoms with Gasteiger partial charge in [0.15, 0.2) is 0 Å². The van der Waals surface area contributed by atoms with Gasteiger partial charge in [-0.05, 0) is 18.8 Å². The molecule has 0 aromatic carbocycles. The normalized spacial score (nSPS) is 26.8. The van der Waals surface area contributed by atoms with Gasteiger partial charge in [-0.15, -0.1) is 0 Å². The van der Waals surface area contributed by atoms with E-state index in [1.807, 2.05) is 6.92 Å². The first-order valence-electron chi connectivity index (χ1n) is 4.45. The number of hydrogen-bond acceptors (Lipinski definition) is 2. The van der Waals surface area contributed by atoms with Crippen LogP contribution in [0.3, 0.4) is 0 Å². The fraction of sp³-hybridized carbons (Fsp3) is 0.556. The number of carboxylic acid groups (broad SMARTS) is 1. The molecule has 0 radical (unpaired) electrons. The number of carbonyl (C=O) groups is 1. The van der Waals surface area contributed by atoms with E-state index in [2.05, 4.69) is 10.2 Å². The third-order valence-electron chi connectivity index (χ3n) is 2.77.